The van der Waals surface area contributed by atoms with Gasteiger partial charge in [0.1, 0.15) is 11.9 Å². The van der Waals surface area contributed by atoms with Crippen molar-refractivity contribution in [2.24, 2.45) is 7.05 Å². The van der Waals surface area contributed by atoms with Crippen molar-refractivity contribution in [3.05, 3.63) is 36.0 Å². The Balaban J connectivity index is 1.96. The van der Waals surface area contributed by atoms with Gasteiger partial charge in [-0.25, -0.2) is 4.79 Å². The molecule has 2 aromatic rings. The summed E-state index contributed by atoms with van der Waals surface area (Å²) in [6, 6.07) is 9.11. The lowest BCUT2D eigenvalue weighted by Crippen LogP contribution is -2.16. The Morgan fingerprint density at radius 3 is 2.95 bits per heavy atom. The molecule has 6 heteroatoms. The quantitative estimate of drug-likeness (QED) is 0.931. The molecule has 3 rings (SSSR count). The summed E-state index contributed by atoms with van der Waals surface area (Å²) < 4.78 is 12.8. The van der Waals surface area contributed by atoms with Gasteiger partial charge >= 0.3 is 5.97 Å². The molecule has 1 aromatic carbocycles. The van der Waals surface area contributed by atoms with Crippen LogP contribution in [0.25, 0.3) is 11.3 Å². The lowest BCUT2D eigenvalue weighted by molar-refractivity contribution is 0.0689. The largest absolute Gasteiger partial charge is 0.487 e. The maximum absolute atomic E-state index is 11.0. The molecule has 0 saturated carbocycles. The van der Waals surface area contributed by atoms with Gasteiger partial charge in [0, 0.05) is 19.0 Å². The van der Waals surface area contributed by atoms with E-state index in [2.05, 4.69) is 5.10 Å². The smallest absolute Gasteiger partial charge is 0.356 e. The second-order valence-electron chi connectivity index (χ2n) is 4.94. The minimum Gasteiger partial charge on any atom is -0.487 e. The Morgan fingerprint density at radius 2 is 2.29 bits per heavy atom. The Kier molecular flexibility index (Phi) is 3.62. The number of aromatic carboxylic acids is 1. The predicted octanol–water partition coefficient (Wildman–Crippen LogP) is 1.95. The molecule has 110 valence electrons. The van der Waals surface area contributed by atoms with Crippen molar-refractivity contribution in [2.45, 2.75) is 12.5 Å². The van der Waals surface area contributed by atoms with Crippen LogP contribution in [0.1, 0.15) is 16.9 Å². The van der Waals surface area contributed by atoms with Gasteiger partial charge in [-0.05, 0) is 18.2 Å². The number of hydrogen-bond acceptors (Lipinski definition) is 4. The summed E-state index contributed by atoms with van der Waals surface area (Å²) in [5, 5.41) is 13.0. The monoisotopic (exact) mass is 288 g/mol. The number of ether oxygens (including phenoxy) is 2. The van der Waals surface area contributed by atoms with E-state index in [0.717, 1.165) is 12.0 Å². The molecule has 0 aliphatic carbocycles. The number of carboxylic acids is 1. The average molecular weight is 288 g/mol. The molecule has 1 saturated heterocycles. The zero-order valence-electron chi connectivity index (χ0n) is 11.7. The van der Waals surface area contributed by atoms with Crippen LogP contribution in [0.15, 0.2) is 30.3 Å². The topological polar surface area (TPSA) is 73.6 Å². The van der Waals surface area contributed by atoms with Crippen LogP contribution in [0.4, 0.5) is 0 Å². The van der Waals surface area contributed by atoms with Crippen molar-refractivity contribution in [1.82, 2.24) is 9.78 Å². The summed E-state index contributed by atoms with van der Waals surface area (Å²) in [5.74, 6) is -0.326. The van der Waals surface area contributed by atoms with Gasteiger partial charge in [-0.15, -0.1) is 0 Å². The molecule has 1 aromatic heterocycles. The van der Waals surface area contributed by atoms with E-state index in [0.29, 0.717) is 24.7 Å². The van der Waals surface area contributed by atoms with E-state index in [1.54, 1.807) is 17.8 Å². The third-order valence-corrected chi connectivity index (χ3v) is 3.44. The number of aromatic nitrogens is 2. The lowest BCUT2D eigenvalue weighted by atomic mass is 10.1. The normalized spacial score (nSPS) is 17.9. The van der Waals surface area contributed by atoms with Gasteiger partial charge in [0.25, 0.3) is 0 Å². The van der Waals surface area contributed by atoms with Gasteiger partial charge in [-0.2, -0.15) is 5.10 Å². The molecule has 1 unspecified atom stereocenters. The van der Waals surface area contributed by atoms with Crippen molar-refractivity contribution in [2.75, 3.05) is 13.2 Å². The number of benzene rings is 1. The average Bonchev–Trinajstić information content (AvgIpc) is 3.09. The number of carboxylic acid groups (broad SMARTS) is 1. The summed E-state index contributed by atoms with van der Waals surface area (Å²) >= 11 is 0. The summed E-state index contributed by atoms with van der Waals surface area (Å²) in [7, 11) is 1.72. The zero-order valence-corrected chi connectivity index (χ0v) is 11.7. The number of para-hydroxylation sites is 1. The summed E-state index contributed by atoms with van der Waals surface area (Å²) in [4.78, 5) is 11.0. The van der Waals surface area contributed by atoms with Crippen LogP contribution in [-0.4, -0.2) is 40.2 Å². The summed E-state index contributed by atoms with van der Waals surface area (Å²) in [5.41, 5.74) is 1.56. The third kappa shape index (κ3) is 2.75. The first kappa shape index (κ1) is 13.6. The van der Waals surface area contributed by atoms with Crippen LogP contribution in [0.2, 0.25) is 0 Å². The third-order valence-electron chi connectivity index (χ3n) is 3.44. The van der Waals surface area contributed by atoms with Crippen LogP contribution >= 0.6 is 0 Å². The highest BCUT2D eigenvalue weighted by Gasteiger charge is 2.20. The van der Waals surface area contributed by atoms with E-state index in [9.17, 15) is 4.79 Å². The molecule has 1 N–H and O–H groups in total. The van der Waals surface area contributed by atoms with Gasteiger partial charge in [0.15, 0.2) is 5.69 Å². The van der Waals surface area contributed by atoms with E-state index in [-0.39, 0.29) is 11.8 Å². The predicted molar refractivity (Wildman–Crippen MR) is 75.5 cm³/mol. The molecule has 21 heavy (non-hydrogen) atoms. The minimum atomic E-state index is -1.04. The Bertz CT molecular complexity index is 659. The molecule has 0 amide bonds. The molecular formula is C15H16N2O4. The van der Waals surface area contributed by atoms with E-state index >= 15 is 0 Å². The molecule has 2 heterocycles. The van der Waals surface area contributed by atoms with Crippen LogP contribution in [0.3, 0.4) is 0 Å². The van der Waals surface area contributed by atoms with Gasteiger partial charge < -0.3 is 14.6 Å². The number of hydrogen-bond donors (Lipinski definition) is 1. The molecule has 1 atom stereocenters. The number of nitrogens with zero attached hydrogens (tertiary/aromatic N) is 2. The van der Waals surface area contributed by atoms with Gasteiger partial charge in [-0.1, -0.05) is 12.1 Å². The number of rotatable bonds is 4. The van der Waals surface area contributed by atoms with E-state index < -0.39 is 5.97 Å². The van der Waals surface area contributed by atoms with Gasteiger partial charge in [-0.3, -0.25) is 4.68 Å². The van der Waals surface area contributed by atoms with Crippen molar-refractivity contribution >= 4 is 5.97 Å². The van der Waals surface area contributed by atoms with Gasteiger partial charge in [0.05, 0.1) is 18.9 Å². The molecule has 1 aliphatic heterocycles. The van der Waals surface area contributed by atoms with Crippen molar-refractivity contribution in [1.29, 1.82) is 0 Å². The highest BCUT2D eigenvalue weighted by atomic mass is 16.5. The highest BCUT2D eigenvalue weighted by Crippen LogP contribution is 2.31. The van der Waals surface area contributed by atoms with E-state index in [1.807, 2.05) is 24.3 Å². The zero-order chi connectivity index (χ0) is 14.8. The molecule has 0 bridgehead atoms. The SMILES string of the molecule is Cn1nc(C(=O)O)cc1-c1ccccc1OC1CCOC1. The standard InChI is InChI=1S/C15H16N2O4/c1-17-13(8-12(16-17)15(18)19)11-4-2-3-5-14(11)21-10-6-7-20-9-10/h2-5,8,10H,6-7,9H2,1H3,(H,18,19). The molecular weight excluding hydrogens is 272 g/mol. The fourth-order valence-corrected chi connectivity index (χ4v) is 2.39. The molecule has 0 spiro atoms. The van der Waals surface area contributed by atoms with Crippen LogP contribution in [0, 0.1) is 0 Å². The van der Waals surface area contributed by atoms with Crippen molar-refractivity contribution in [3.63, 3.8) is 0 Å². The molecule has 0 radical (unpaired) electrons. The fourth-order valence-electron chi connectivity index (χ4n) is 2.39. The first-order valence-electron chi connectivity index (χ1n) is 6.76. The second-order valence-corrected chi connectivity index (χ2v) is 4.94. The lowest BCUT2D eigenvalue weighted by Gasteiger charge is -2.15. The fraction of sp³-hybridized carbons (Fsp3) is 0.333. The Hall–Kier alpha value is -2.34. The first-order valence-corrected chi connectivity index (χ1v) is 6.76. The van der Waals surface area contributed by atoms with Crippen LogP contribution in [0.5, 0.6) is 5.75 Å². The number of aryl methyl sites for hydroxylation is 1. The Morgan fingerprint density at radius 1 is 1.48 bits per heavy atom. The highest BCUT2D eigenvalue weighted by molar-refractivity contribution is 5.87. The van der Waals surface area contributed by atoms with E-state index in [1.165, 1.54) is 0 Å². The number of carbonyl (C=O) groups is 1. The van der Waals surface area contributed by atoms with Gasteiger partial charge in [0.2, 0.25) is 0 Å². The maximum atomic E-state index is 11.0. The summed E-state index contributed by atoms with van der Waals surface area (Å²) in [6.45, 7) is 1.29. The van der Waals surface area contributed by atoms with Crippen LogP contribution in [-0.2, 0) is 11.8 Å². The van der Waals surface area contributed by atoms with E-state index in [4.69, 9.17) is 14.6 Å². The van der Waals surface area contributed by atoms with Crippen molar-refractivity contribution < 1.29 is 19.4 Å². The van der Waals surface area contributed by atoms with Crippen LogP contribution < -0.4 is 4.74 Å². The maximum Gasteiger partial charge on any atom is 0.356 e. The molecule has 1 aliphatic rings. The first-order chi connectivity index (χ1) is 10.1. The molecule has 6 nitrogen and oxygen atoms in total. The minimum absolute atomic E-state index is 0.0199. The summed E-state index contributed by atoms with van der Waals surface area (Å²) in [6.07, 6.45) is 0.901. The van der Waals surface area contributed by atoms with Crippen molar-refractivity contribution in [3.8, 4) is 17.0 Å². The second kappa shape index (κ2) is 5.57. The Labute approximate surface area is 121 Å². The molecule has 1 fully saturated rings.